The van der Waals surface area contributed by atoms with Crippen LogP contribution < -0.4 is 5.32 Å². The summed E-state index contributed by atoms with van der Waals surface area (Å²) in [5, 5.41) is 12.4. The molecule has 1 aromatic carbocycles. The molecule has 4 heteroatoms. The highest BCUT2D eigenvalue weighted by molar-refractivity contribution is 5.78. The number of phenols is 1. The Kier molecular flexibility index (Phi) is 4.80. The summed E-state index contributed by atoms with van der Waals surface area (Å²) >= 11 is 0. The number of likely N-dealkylation sites (tertiary alicyclic amines) is 1. The molecular weight excluding hydrogens is 240 g/mol. The van der Waals surface area contributed by atoms with Crippen molar-refractivity contribution in [1.29, 1.82) is 0 Å². The maximum Gasteiger partial charge on any atom is 0.224 e. The third-order valence-corrected chi connectivity index (χ3v) is 3.72. The zero-order valence-electron chi connectivity index (χ0n) is 11.4. The Morgan fingerprint density at radius 3 is 3.11 bits per heavy atom. The molecule has 0 radical (unpaired) electrons. The lowest BCUT2D eigenvalue weighted by Gasteiger charge is -2.22. The quantitative estimate of drug-likeness (QED) is 0.846. The van der Waals surface area contributed by atoms with Gasteiger partial charge in [-0.2, -0.15) is 0 Å². The Hall–Kier alpha value is -1.55. The Morgan fingerprint density at radius 1 is 1.53 bits per heavy atom. The number of rotatable bonds is 5. The molecule has 2 rings (SSSR count). The van der Waals surface area contributed by atoms with E-state index >= 15 is 0 Å². The molecule has 0 saturated carbocycles. The molecule has 0 bridgehead atoms. The fourth-order valence-corrected chi connectivity index (χ4v) is 2.69. The number of nitrogens with zero attached hydrogens (tertiary/aromatic N) is 1. The van der Waals surface area contributed by atoms with Crippen molar-refractivity contribution in [2.45, 2.75) is 32.2 Å². The van der Waals surface area contributed by atoms with Crippen LogP contribution in [-0.4, -0.2) is 41.6 Å². The molecule has 0 aliphatic carbocycles. The molecule has 0 spiro atoms. The molecule has 1 amide bonds. The van der Waals surface area contributed by atoms with Crippen molar-refractivity contribution in [1.82, 2.24) is 10.2 Å². The lowest BCUT2D eigenvalue weighted by molar-refractivity contribution is -0.120. The van der Waals surface area contributed by atoms with E-state index in [0.29, 0.717) is 12.5 Å². The lowest BCUT2D eigenvalue weighted by Crippen LogP contribution is -2.40. The molecule has 1 aliphatic heterocycles. The Morgan fingerprint density at radius 2 is 2.37 bits per heavy atom. The van der Waals surface area contributed by atoms with Gasteiger partial charge in [-0.15, -0.1) is 0 Å². The first kappa shape index (κ1) is 13.9. The van der Waals surface area contributed by atoms with Crippen molar-refractivity contribution in [3.63, 3.8) is 0 Å². The molecular formula is C15H22N2O2. The van der Waals surface area contributed by atoms with Gasteiger partial charge in [-0.3, -0.25) is 9.69 Å². The van der Waals surface area contributed by atoms with Gasteiger partial charge in [-0.25, -0.2) is 0 Å². The topological polar surface area (TPSA) is 52.6 Å². The Labute approximate surface area is 114 Å². The minimum atomic E-state index is 0.0218. The van der Waals surface area contributed by atoms with E-state index in [0.717, 1.165) is 25.2 Å². The van der Waals surface area contributed by atoms with Crippen LogP contribution in [0.15, 0.2) is 24.3 Å². The van der Waals surface area contributed by atoms with Crippen LogP contribution in [0.5, 0.6) is 5.75 Å². The van der Waals surface area contributed by atoms with Crippen LogP contribution in [0, 0.1) is 0 Å². The smallest absolute Gasteiger partial charge is 0.224 e. The number of nitrogens with one attached hydrogen (secondary N) is 1. The fourth-order valence-electron chi connectivity index (χ4n) is 2.69. The van der Waals surface area contributed by atoms with Crippen molar-refractivity contribution in [2.75, 3.05) is 19.6 Å². The average Bonchev–Trinajstić information content (AvgIpc) is 2.83. The summed E-state index contributed by atoms with van der Waals surface area (Å²) in [6.07, 6.45) is 2.72. The molecule has 1 heterocycles. The number of hydrogen-bond acceptors (Lipinski definition) is 3. The van der Waals surface area contributed by atoms with Gasteiger partial charge in [0.2, 0.25) is 5.91 Å². The summed E-state index contributed by atoms with van der Waals surface area (Å²) in [4.78, 5) is 14.3. The largest absolute Gasteiger partial charge is 0.508 e. The van der Waals surface area contributed by atoms with Crippen LogP contribution in [-0.2, 0) is 11.2 Å². The van der Waals surface area contributed by atoms with Crippen LogP contribution >= 0.6 is 0 Å². The standard InChI is InChI=1S/C15H22N2O2/c1-2-17-8-4-6-13(17)11-16-15(19)10-12-5-3-7-14(18)9-12/h3,5,7,9,13,18H,2,4,6,8,10-11H2,1H3,(H,16,19). The molecule has 2 N–H and O–H groups in total. The van der Waals surface area contributed by atoms with Crippen molar-refractivity contribution >= 4 is 5.91 Å². The minimum absolute atomic E-state index is 0.0218. The minimum Gasteiger partial charge on any atom is -0.508 e. The average molecular weight is 262 g/mol. The van der Waals surface area contributed by atoms with E-state index in [1.54, 1.807) is 18.2 Å². The van der Waals surface area contributed by atoms with E-state index in [4.69, 9.17) is 0 Å². The molecule has 19 heavy (non-hydrogen) atoms. The molecule has 1 aliphatic rings. The molecule has 104 valence electrons. The normalized spacial score (nSPS) is 19.5. The Balaban J connectivity index is 1.78. The number of phenolic OH excluding ortho intramolecular Hbond substituents is 1. The molecule has 1 unspecified atom stereocenters. The first-order chi connectivity index (χ1) is 9.19. The summed E-state index contributed by atoms with van der Waals surface area (Å²) in [6.45, 7) is 5.08. The number of amides is 1. The second kappa shape index (κ2) is 6.57. The molecule has 4 nitrogen and oxygen atoms in total. The second-order valence-corrected chi connectivity index (χ2v) is 5.08. The van der Waals surface area contributed by atoms with Gasteiger partial charge < -0.3 is 10.4 Å². The highest BCUT2D eigenvalue weighted by Gasteiger charge is 2.22. The molecule has 0 aromatic heterocycles. The SMILES string of the molecule is CCN1CCCC1CNC(=O)Cc1cccc(O)c1. The summed E-state index contributed by atoms with van der Waals surface area (Å²) < 4.78 is 0. The van der Waals surface area contributed by atoms with E-state index in [-0.39, 0.29) is 11.7 Å². The van der Waals surface area contributed by atoms with Crippen molar-refractivity contribution in [3.05, 3.63) is 29.8 Å². The fraction of sp³-hybridized carbons (Fsp3) is 0.533. The van der Waals surface area contributed by atoms with E-state index in [1.165, 1.54) is 12.8 Å². The van der Waals surface area contributed by atoms with Gasteiger partial charge in [0.25, 0.3) is 0 Å². The van der Waals surface area contributed by atoms with Crippen molar-refractivity contribution in [3.8, 4) is 5.75 Å². The first-order valence-electron chi connectivity index (χ1n) is 6.97. The summed E-state index contributed by atoms with van der Waals surface area (Å²) in [7, 11) is 0. The number of aromatic hydroxyl groups is 1. The lowest BCUT2D eigenvalue weighted by atomic mass is 10.1. The van der Waals surface area contributed by atoms with E-state index in [9.17, 15) is 9.90 Å². The van der Waals surface area contributed by atoms with E-state index in [2.05, 4.69) is 17.1 Å². The maximum absolute atomic E-state index is 11.9. The van der Waals surface area contributed by atoms with Crippen LogP contribution in [0.1, 0.15) is 25.3 Å². The molecule has 1 fully saturated rings. The van der Waals surface area contributed by atoms with Gasteiger partial charge in [-0.1, -0.05) is 19.1 Å². The van der Waals surface area contributed by atoms with Crippen molar-refractivity contribution in [2.24, 2.45) is 0 Å². The summed E-state index contributed by atoms with van der Waals surface area (Å²) in [5.74, 6) is 0.229. The second-order valence-electron chi connectivity index (χ2n) is 5.08. The van der Waals surface area contributed by atoms with Crippen LogP contribution in [0.25, 0.3) is 0 Å². The third-order valence-electron chi connectivity index (χ3n) is 3.72. The van der Waals surface area contributed by atoms with E-state index < -0.39 is 0 Å². The Bertz CT molecular complexity index is 434. The van der Waals surface area contributed by atoms with Gasteiger partial charge >= 0.3 is 0 Å². The first-order valence-corrected chi connectivity index (χ1v) is 6.97. The third kappa shape index (κ3) is 3.96. The predicted octanol–water partition coefficient (Wildman–Crippen LogP) is 1.54. The predicted molar refractivity (Wildman–Crippen MR) is 75.1 cm³/mol. The number of likely N-dealkylation sites (N-methyl/N-ethyl adjacent to an activating group) is 1. The molecule has 1 aromatic rings. The van der Waals surface area contributed by atoms with Crippen molar-refractivity contribution < 1.29 is 9.90 Å². The summed E-state index contributed by atoms with van der Waals surface area (Å²) in [6, 6.07) is 7.34. The highest BCUT2D eigenvalue weighted by Crippen LogP contribution is 2.15. The summed E-state index contributed by atoms with van der Waals surface area (Å²) in [5.41, 5.74) is 0.844. The number of hydrogen-bond donors (Lipinski definition) is 2. The number of carbonyl (C=O) groups excluding carboxylic acids is 1. The molecule has 1 saturated heterocycles. The highest BCUT2D eigenvalue weighted by atomic mass is 16.3. The van der Waals surface area contributed by atoms with E-state index in [1.807, 2.05) is 6.07 Å². The van der Waals surface area contributed by atoms with Gasteiger partial charge in [0, 0.05) is 12.6 Å². The monoisotopic (exact) mass is 262 g/mol. The van der Waals surface area contributed by atoms with Gasteiger partial charge in [0.05, 0.1) is 6.42 Å². The van der Waals surface area contributed by atoms with Gasteiger partial charge in [0.1, 0.15) is 5.75 Å². The van der Waals surface area contributed by atoms with Crippen LogP contribution in [0.2, 0.25) is 0 Å². The maximum atomic E-state index is 11.9. The number of carbonyl (C=O) groups is 1. The zero-order chi connectivity index (χ0) is 13.7. The van der Waals surface area contributed by atoms with Gasteiger partial charge in [0.15, 0.2) is 0 Å². The molecule has 1 atom stereocenters. The van der Waals surface area contributed by atoms with Crippen LogP contribution in [0.3, 0.4) is 0 Å². The number of benzene rings is 1. The zero-order valence-corrected chi connectivity index (χ0v) is 11.4. The van der Waals surface area contributed by atoms with Crippen LogP contribution in [0.4, 0.5) is 0 Å². The van der Waals surface area contributed by atoms with Gasteiger partial charge in [-0.05, 0) is 43.6 Å².